The average molecular weight is 388 g/mol. The summed E-state index contributed by atoms with van der Waals surface area (Å²) >= 11 is 0. The van der Waals surface area contributed by atoms with Gasteiger partial charge in [0.2, 0.25) is 0 Å². The number of pyridine rings is 1. The normalized spacial score (nSPS) is 12.8. The molecule has 6 aromatic rings. The van der Waals surface area contributed by atoms with Gasteiger partial charge in [-0.15, -0.1) is 0 Å². The molecular formula is C28H21NO. The largest absolute Gasteiger partial charge is 0.455 e. The number of hydrogen-bond acceptors (Lipinski definition) is 2. The van der Waals surface area contributed by atoms with Crippen LogP contribution in [0, 0.1) is 0 Å². The van der Waals surface area contributed by atoms with E-state index in [0.717, 1.165) is 38.8 Å². The Labute approximate surface area is 176 Å². The summed E-state index contributed by atoms with van der Waals surface area (Å²) in [7, 11) is 0. The SMILES string of the molecule is [2H]C(C)(C)c1ccnc(-c2cccc3c2oc2cc4c(ccc5ccccc54)cc23)c1. The van der Waals surface area contributed by atoms with Gasteiger partial charge in [0, 0.05) is 23.9 Å². The highest BCUT2D eigenvalue weighted by Gasteiger charge is 2.15. The number of hydrogen-bond donors (Lipinski definition) is 0. The van der Waals surface area contributed by atoms with Crippen LogP contribution >= 0.6 is 0 Å². The van der Waals surface area contributed by atoms with Gasteiger partial charge in [-0.25, -0.2) is 0 Å². The summed E-state index contributed by atoms with van der Waals surface area (Å²) in [5.74, 6) is -0.682. The molecule has 0 fully saturated rings. The fourth-order valence-electron chi connectivity index (χ4n) is 4.39. The van der Waals surface area contributed by atoms with E-state index in [1.165, 1.54) is 21.5 Å². The first kappa shape index (κ1) is 16.2. The fraction of sp³-hybridized carbons (Fsp3) is 0.107. The lowest BCUT2D eigenvalue weighted by Crippen LogP contribution is -1.90. The Bertz CT molecular complexity index is 1620. The summed E-state index contributed by atoms with van der Waals surface area (Å²) in [6.45, 7) is 3.79. The van der Waals surface area contributed by atoms with E-state index in [2.05, 4.69) is 65.6 Å². The van der Waals surface area contributed by atoms with E-state index in [-0.39, 0.29) is 0 Å². The van der Waals surface area contributed by atoms with Crippen LogP contribution in [-0.2, 0) is 0 Å². The second-order valence-corrected chi connectivity index (χ2v) is 8.07. The Kier molecular flexibility index (Phi) is 3.47. The Morgan fingerprint density at radius 1 is 0.767 bits per heavy atom. The Morgan fingerprint density at radius 2 is 1.60 bits per heavy atom. The molecule has 0 aliphatic rings. The topological polar surface area (TPSA) is 26.0 Å². The van der Waals surface area contributed by atoms with Gasteiger partial charge >= 0.3 is 0 Å². The summed E-state index contributed by atoms with van der Waals surface area (Å²) in [6.07, 6.45) is 1.78. The summed E-state index contributed by atoms with van der Waals surface area (Å²) in [4.78, 5) is 4.60. The van der Waals surface area contributed by atoms with Crippen LogP contribution in [0.4, 0.5) is 0 Å². The zero-order valence-corrected chi connectivity index (χ0v) is 16.9. The molecular weight excluding hydrogens is 366 g/mol. The van der Waals surface area contributed by atoms with E-state index < -0.39 is 5.89 Å². The molecule has 0 spiro atoms. The average Bonchev–Trinajstić information content (AvgIpc) is 3.15. The van der Waals surface area contributed by atoms with E-state index in [1.807, 2.05) is 32.0 Å². The molecule has 6 rings (SSSR count). The summed E-state index contributed by atoms with van der Waals surface area (Å²) in [5, 5.41) is 7.05. The minimum atomic E-state index is -0.682. The molecule has 0 atom stereocenters. The van der Waals surface area contributed by atoms with Crippen LogP contribution in [0.1, 0.15) is 26.7 Å². The van der Waals surface area contributed by atoms with Gasteiger partial charge < -0.3 is 4.42 Å². The fourth-order valence-corrected chi connectivity index (χ4v) is 4.39. The third-order valence-electron chi connectivity index (χ3n) is 5.98. The van der Waals surface area contributed by atoms with Crippen LogP contribution in [-0.4, -0.2) is 4.98 Å². The Balaban J connectivity index is 1.65. The summed E-state index contributed by atoms with van der Waals surface area (Å²) in [5.41, 5.74) is 4.43. The van der Waals surface area contributed by atoms with Crippen LogP contribution in [0.5, 0.6) is 0 Å². The number of benzene rings is 4. The van der Waals surface area contributed by atoms with Crippen molar-refractivity contribution in [2.75, 3.05) is 0 Å². The molecule has 30 heavy (non-hydrogen) atoms. The molecule has 0 saturated carbocycles. The first-order valence-corrected chi connectivity index (χ1v) is 10.2. The lowest BCUT2D eigenvalue weighted by molar-refractivity contribution is 0.670. The second kappa shape index (κ2) is 6.43. The number of furan rings is 1. The van der Waals surface area contributed by atoms with Gasteiger partial charge in [0.05, 0.1) is 5.69 Å². The Morgan fingerprint density at radius 3 is 2.50 bits per heavy atom. The van der Waals surface area contributed by atoms with Crippen molar-refractivity contribution in [2.24, 2.45) is 0 Å². The minimum absolute atomic E-state index is 0.682. The van der Waals surface area contributed by atoms with Crippen LogP contribution in [0.15, 0.2) is 89.5 Å². The van der Waals surface area contributed by atoms with Gasteiger partial charge in [0.25, 0.3) is 0 Å². The van der Waals surface area contributed by atoms with Crippen molar-refractivity contribution in [1.29, 1.82) is 0 Å². The zero-order chi connectivity index (χ0) is 21.2. The second-order valence-electron chi connectivity index (χ2n) is 8.07. The predicted molar refractivity (Wildman–Crippen MR) is 126 cm³/mol. The van der Waals surface area contributed by atoms with Gasteiger partial charge in [0.1, 0.15) is 11.2 Å². The van der Waals surface area contributed by atoms with Crippen molar-refractivity contribution in [1.82, 2.24) is 4.98 Å². The molecule has 0 unspecified atom stereocenters. The van der Waals surface area contributed by atoms with E-state index >= 15 is 0 Å². The van der Waals surface area contributed by atoms with Crippen molar-refractivity contribution >= 4 is 43.5 Å². The monoisotopic (exact) mass is 388 g/mol. The highest BCUT2D eigenvalue weighted by atomic mass is 16.3. The molecule has 0 aliphatic carbocycles. The molecule has 4 aromatic carbocycles. The number of rotatable bonds is 2. The van der Waals surface area contributed by atoms with Crippen molar-refractivity contribution in [3.05, 3.63) is 90.6 Å². The molecule has 0 bridgehead atoms. The zero-order valence-electron chi connectivity index (χ0n) is 17.9. The van der Waals surface area contributed by atoms with Crippen LogP contribution in [0.2, 0.25) is 0 Å². The maximum absolute atomic E-state index is 8.38. The maximum Gasteiger partial charge on any atom is 0.144 e. The van der Waals surface area contributed by atoms with Crippen molar-refractivity contribution in [3.63, 3.8) is 0 Å². The van der Waals surface area contributed by atoms with E-state index in [4.69, 9.17) is 5.79 Å². The summed E-state index contributed by atoms with van der Waals surface area (Å²) < 4.78 is 14.8. The van der Waals surface area contributed by atoms with E-state index in [0.29, 0.717) is 0 Å². The van der Waals surface area contributed by atoms with Gasteiger partial charge in [-0.3, -0.25) is 4.98 Å². The first-order chi connectivity index (χ1) is 15.0. The number of para-hydroxylation sites is 1. The molecule has 2 heteroatoms. The van der Waals surface area contributed by atoms with Crippen LogP contribution < -0.4 is 0 Å². The standard InChI is InChI=1S/C28H21NO/c1-17(2)19-12-13-29-26(15-19)23-9-5-8-22-25-14-20-11-10-18-6-3-4-7-21(18)24(20)16-27(25)30-28(22)23/h3-17H,1-2H3/i17D. The van der Waals surface area contributed by atoms with Gasteiger partial charge in [-0.2, -0.15) is 0 Å². The lowest BCUT2D eigenvalue weighted by atomic mass is 9.99. The Hall–Kier alpha value is -3.65. The number of fused-ring (bicyclic) bond motifs is 6. The molecule has 0 amide bonds. The third-order valence-corrected chi connectivity index (χ3v) is 5.98. The maximum atomic E-state index is 8.38. The van der Waals surface area contributed by atoms with Crippen LogP contribution in [0.25, 0.3) is 54.7 Å². The molecule has 2 heterocycles. The molecule has 2 aromatic heterocycles. The highest BCUT2D eigenvalue weighted by Crippen LogP contribution is 2.38. The number of nitrogens with zero attached hydrogens (tertiary/aromatic N) is 1. The summed E-state index contributed by atoms with van der Waals surface area (Å²) in [6, 6.07) is 27.3. The van der Waals surface area contributed by atoms with Crippen molar-refractivity contribution < 1.29 is 5.79 Å². The van der Waals surface area contributed by atoms with Crippen molar-refractivity contribution in [3.8, 4) is 11.3 Å². The van der Waals surface area contributed by atoms with Crippen LogP contribution in [0.3, 0.4) is 0 Å². The van der Waals surface area contributed by atoms with E-state index in [9.17, 15) is 0 Å². The number of aromatic nitrogens is 1. The lowest BCUT2D eigenvalue weighted by Gasteiger charge is -2.07. The third kappa shape index (κ3) is 2.54. The molecule has 0 N–H and O–H groups in total. The van der Waals surface area contributed by atoms with E-state index in [1.54, 1.807) is 6.20 Å². The first-order valence-electron chi connectivity index (χ1n) is 10.7. The van der Waals surface area contributed by atoms with Gasteiger partial charge in [-0.1, -0.05) is 62.4 Å². The quantitative estimate of drug-likeness (QED) is 0.280. The molecule has 2 nitrogen and oxygen atoms in total. The smallest absolute Gasteiger partial charge is 0.144 e. The van der Waals surface area contributed by atoms with Gasteiger partial charge in [0.15, 0.2) is 0 Å². The van der Waals surface area contributed by atoms with Crippen molar-refractivity contribution in [2.45, 2.75) is 19.7 Å². The minimum Gasteiger partial charge on any atom is -0.455 e. The molecule has 0 aliphatic heterocycles. The molecule has 144 valence electrons. The molecule has 0 saturated heterocycles. The highest BCUT2D eigenvalue weighted by molar-refractivity contribution is 6.17. The predicted octanol–water partition coefficient (Wildman–Crippen LogP) is 8.08. The van der Waals surface area contributed by atoms with Gasteiger partial charge in [-0.05, 0) is 63.3 Å². The molecule has 0 radical (unpaired) electrons.